The van der Waals surface area contributed by atoms with Crippen LogP contribution in [0.25, 0.3) is 0 Å². The van der Waals surface area contributed by atoms with E-state index in [1.807, 2.05) is 0 Å². The van der Waals surface area contributed by atoms with Gasteiger partial charge in [-0.2, -0.15) is 0 Å². The number of hydrogen-bond acceptors (Lipinski definition) is 2. The summed E-state index contributed by atoms with van der Waals surface area (Å²) in [5.74, 6) is 0.765. The second kappa shape index (κ2) is 5.95. The molecule has 0 aliphatic carbocycles. The highest BCUT2D eigenvalue weighted by atomic mass is 16.4. The van der Waals surface area contributed by atoms with Crippen LogP contribution in [-0.4, -0.2) is 53.7 Å². The third-order valence-corrected chi connectivity index (χ3v) is 3.31. The van der Waals surface area contributed by atoms with Crippen molar-refractivity contribution < 1.29 is 9.90 Å². The zero-order valence-electron chi connectivity index (χ0n) is 9.78. The Morgan fingerprint density at radius 1 is 1.20 bits per heavy atom. The van der Waals surface area contributed by atoms with E-state index in [9.17, 15) is 4.79 Å². The maximum atomic E-state index is 10.7. The molecule has 4 nitrogen and oxygen atoms in total. The number of piperazine rings is 1. The number of rotatable bonds is 4. The van der Waals surface area contributed by atoms with E-state index in [4.69, 9.17) is 5.11 Å². The van der Waals surface area contributed by atoms with Crippen LogP contribution in [-0.2, 0) is 0 Å². The molecule has 0 bridgehead atoms. The molecule has 1 N–H and O–H groups in total. The van der Waals surface area contributed by atoms with E-state index < -0.39 is 6.09 Å². The first-order valence-electron chi connectivity index (χ1n) is 5.87. The first-order valence-corrected chi connectivity index (χ1v) is 5.87. The SMILES string of the molecule is CCC(CC)CN1CCN(C(=O)O)CC1. The summed E-state index contributed by atoms with van der Waals surface area (Å²) >= 11 is 0. The predicted octanol–water partition coefficient (Wildman–Crippen LogP) is 1.72. The molecule has 0 saturated carbocycles. The molecule has 0 aromatic heterocycles. The van der Waals surface area contributed by atoms with Crippen molar-refractivity contribution in [3.05, 3.63) is 0 Å². The summed E-state index contributed by atoms with van der Waals surface area (Å²) in [6.07, 6.45) is 1.66. The molecule has 0 aromatic carbocycles. The van der Waals surface area contributed by atoms with Crippen molar-refractivity contribution >= 4 is 6.09 Å². The van der Waals surface area contributed by atoms with E-state index in [0.29, 0.717) is 13.1 Å². The van der Waals surface area contributed by atoms with E-state index in [1.165, 1.54) is 17.7 Å². The van der Waals surface area contributed by atoms with Crippen molar-refractivity contribution in [1.82, 2.24) is 9.80 Å². The highest BCUT2D eigenvalue weighted by Gasteiger charge is 2.21. The molecule has 0 aromatic rings. The maximum Gasteiger partial charge on any atom is 0.407 e. The first kappa shape index (κ1) is 12.3. The van der Waals surface area contributed by atoms with Gasteiger partial charge in [-0.1, -0.05) is 26.7 Å². The molecular weight excluding hydrogens is 192 g/mol. The van der Waals surface area contributed by atoms with Crippen molar-refractivity contribution in [3.8, 4) is 0 Å². The molecule has 0 spiro atoms. The first-order chi connectivity index (χ1) is 7.17. The van der Waals surface area contributed by atoms with Gasteiger partial charge in [0.1, 0.15) is 0 Å². The zero-order valence-corrected chi connectivity index (χ0v) is 9.78. The Morgan fingerprint density at radius 2 is 1.73 bits per heavy atom. The van der Waals surface area contributed by atoms with E-state index in [-0.39, 0.29) is 0 Å². The Morgan fingerprint density at radius 3 is 2.13 bits per heavy atom. The third kappa shape index (κ3) is 3.70. The minimum Gasteiger partial charge on any atom is -0.465 e. The summed E-state index contributed by atoms with van der Waals surface area (Å²) in [4.78, 5) is 14.6. The topological polar surface area (TPSA) is 43.8 Å². The molecule has 1 rings (SSSR count). The normalized spacial score (nSPS) is 18.5. The Bertz CT molecular complexity index is 197. The van der Waals surface area contributed by atoms with Crippen LogP contribution in [0.1, 0.15) is 26.7 Å². The van der Waals surface area contributed by atoms with Crippen LogP contribution >= 0.6 is 0 Å². The van der Waals surface area contributed by atoms with Crippen LogP contribution in [0.4, 0.5) is 4.79 Å². The van der Waals surface area contributed by atoms with Crippen LogP contribution in [0.15, 0.2) is 0 Å². The minimum absolute atomic E-state index is 0.662. The molecule has 15 heavy (non-hydrogen) atoms. The predicted molar refractivity (Wildman–Crippen MR) is 60.1 cm³/mol. The second-order valence-electron chi connectivity index (χ2n) is 4.25. The molecule has 1 heterocycles. The number of carboxylic acid groups (broad SMARTS) is 1. The molecule has 4 heteroatoms. The summed E-state index contributed by atoms with van der Waals surface area (Å²) < 4.78 is 0. The lowest BCUT2D eigenvalue weighted by molar-refractivity contribution is 0.0974. The van der Waals surface area contributed by atoms with Gasteiger partial charge < -0.3 is 10.0 Å². The van der Waals surface area contributed by atoms with Crippen LogP contribution in [0.3, 0.4) is 0 Å². The van der Waals surface area contributed by atoms with Crippen molar-refractivity contribution in [1.29, 1.82) is 0 Å². The summed E-state index contributed by atoms with van der Waals surface area (Å²) in [6.45, 7) is 8.68. The summed E-state index contributed by atoms with van der Waals surface area (Å²) in [5.41, 5.74) is 0. The van der Waals surface area contributed by atoms with Crippen molar-refractivity contribution in [2.24, 2.45) is 5.92 Å². The van der Waals surface area contributed by atoms with Gasteiger partial charge in [-0.3, -0.25) is 4.90 Å². The number of carbonyl (C=O) groups is 1. The Labute approximate surface area is 91.9 Å². The maximum absolute atomic E-state index is 10.7. The van der Waals surface area contributed by atoms with E-state index >= 15 is 0 Å². The van der Waals surface area contributed by atoms with Gasteiger partial charge in [0.05, 0.1) is 0 Å². The van der Waals surface area contributed by atoms with Gasteiger partial charge in [-0.15, -0.1) is 0 Å². The smallest absolute Gasteiger partial charge is 0.407 e. The minimum atomic E-state index is -0.780. The summed E-state index contributed by atoms with van der Waals surface area (Å²) in [5, 5.41) is 8.81. The monoisotopic (exact) mass is 214 g/mol. The molecule has 1 saturated heterocycles. The molecule has 1 aliphatic rings. The van der Waals surface area contributed by atoms with Crippen molar-refractivity contribution in [3.63, 3.8) is 0 Å². The van der Waals surface area contributed by atoms with Gasteiger partial charge in [0.25, 0.3) is 0 Å². The average molecular weight is 214 g/mol. The Balaban J connectivity index is 2.28. The standard InChI is InChI=1S/C11H22N2O2/c1-3-10(4-2)9-12-5-7-13(8-6-12)11(14)15/h10H,3-9H2,1-2H3,(H,14,15). The van der Waals surface area contributed by atoms with Crippen molar-refractivity contribution in [2.45, 2.75) is 26.7 Å². The van der Waals surface area contributed by atoms with Crippen LogP contribution in [0.2, 0.25) is 0 Å². The largest absolute Gasteiger partial charge is 0.465 e. The van der Waals surface area contributed by atoms with Crippen LogP contribution < -0.4 is 0 Å². The lowest BCUT2D eigenvalue weighted by atomic mass is 10.0. The fourth-order valence-corrected chi connectivity index (χ4v) is 2.03. The van der Waals surface area contributed by atoms with E-state index in [0.717, 1.165) is 25.6 Å². The Kier molecular flexibility index (Phi) is 4.88. The molecule has 0 unspecified atom stereocenters. The van der Waals surface area contributed by atoms with Crippen LogP contribution in [0.5, 0.6) is 0 Å². The van der Waals surface area contributed by atoms with Crippen molar-refractivity contribution in [2.75, 3.05) is 32.7 Å². The van der Waals surface area contributed by atoms with Gasteiger partial charge in [-0.05, 0) is 5.92 Å². The third-order valence-electron chi connectivity index (χ3n) is 3.31. The number of amides is 1. The lowest BCUT2D eigenvalue weighted by Crippen LogP contribution is -2.49. The van der Waals surface area contributed by atoms with Crippen LogP contribution in [0, 0.1) is 5.92 Å². The molecule has 1 aliphatic heterocycles. The van der Waals surface area contributed by atoms with E-state index in [1.54, 1.807) is 0 Å². The van der Waals surface area contributed by atoms with Gasteiger partial charge >= 0.3 is 6.09 Å². The van der Waals surface area contributed by atoms with Gasteiger partial charge in [0, 0.05) is 32.7 Å². The lowest BCUT2D eigenvalue weighted by Gasteiger charge is -2.34. The molecule has 0 radical (unpaired) electrons. The van der Waals surface area contributed by atoms with Gasteiger partial charge in [-0.25, -0.2) is 4.79 Å². The van der Waals surface area contributed by atoms with E-state index in [2.05, 4.69) is 18.7 Å². The fraction of sp³-hybridized carbons (Fsp3) is 0.909. The molecule has 1 amide bonds. The highest BCUT2D eigenvalue weighted by molar-refractivity contribution is 5.65. The summed E-state index contributed by atoms with van der Waals surface area (Å²) in [6, 6.07) is 0. The summed E-state index contributed by atoms with van der Waals surface area (Å²) in [7, 11) is 0. The zero-order chi connectivity index (χ0) is 11.3. The quantitative estimate of drug-likeness (QED) is 0.775. The average Bonchev–Trinajstić information content (AvgIpc) is 2.26. The Hall–Kier alpha value is -0.770. The molecular formula is C11H22N2O2. The molecule has 88 valence electrons. The van der Waals surface area contributed by atoms with Gasteiger partial charge in [0.2, 0.25) is 0 Å². The van der Waals surface area contributed by atoms with Gasteiger partial charge in [0.15, 0.2) is 0 Å². The second-order valence-corrected chi connectivity index (χ2v) is 4.25. The highest BCUT2D eigenvalue weighted by Crippen LogP contribution is 2.11. The molecule has 1 fully saturated rings. The molecule has 0 atom stereocenters. The number of nitrogens with zero attached hydrogens (tertiary/aromatic N) is 2. The fourth-order valence-electron chi connectivity index (χ4n) is 2.03. The number of hydrogen-bond donors (Lipinski definition) is 1.